The van der Waals surface area contributed by atoms with Crippen molar-refractivity contribution in [2.45, 2.75) is 20.8 Å². The lowest BCUT2D eigenvalue weighted by Crippen LogP contribution is -2.27. The van der Waals surface area contributed by atoms with E-state index < -0.39 is 0 Å². The molecule has 0 saturated carbocycles. The summed E-state index contributed by atoms with van der Waals surface area (Å²) in [5, 5.41) is 6.89. The number of nitrogens with zero attached hydrogens (tertiary/aromatic N) is 2. The Morgan fingerprint density at radius 3 is 2.50 bits per heavy atom. The van der Waals surface area contributed by atoms with Crippen LogP contribution in [0.2, 0.25) is 0 Å². The minimum atomic E-state index is -0.376. The Bertz CT molecular complexity index is 351. The predicted molar refractivity (Wildman–Crippen MR) is 64.0 cm³/mol. The van der Waals surface area contributed by atoms with Gasteiger partial charge in [0.15, 0.2) is 0 Å². The van der Waals surface area contributed by atoms with Crippen LogP contribution in [0.3, 0.4) is 0 Å². The van der Waals surface area contributed by atoms with Gasteiger partial charge in [-0.25, -0.2) is 0 Å². The summed E-state index contributed by atoms with van der Waals surface area (Å²) in [6.45, 7) is 5.64. The van der Waals surface area contributed by atoms with Crippen molar-refractivity contribution in [3.05, 3.63) is 9.90 Å². The molecular weight excluding hydrogens is 293 g/mol. The second kappa shape index (κ2) is 3.88. The van der Waals surface area contributed by atoms with Crippen LogP contribution < -0.4 is 5.32 Å². The van der Waals surface area contributed by atoms with E-state index in [9.17, 15) is 4.79 Å². The number of amides is 1. The average molecular weight is 307 g/mol. The third-order valence-corrected chi connectivity index (χ3v) is 3.08. The Balaban J connectivity index is 2.80. The largest absolute Gasteiger partial charge is 0.322 e. The summed E-state index contributed by atoms with van der Waals surface area (Å²) in [4.78, 5) is 11.6. The zero-order chi connectivity index (χ0) is 10.9. The zero-order valence-corrected chi connectivity index (χ0v) is 10.9. The summed E-state index contributed by atoms with van der Waals surface area (Å²) in [5.41, 5.74) is 0.395. The summed E-state index contributed by atoms with van der Waals surface area (Å²) in [7, 11) is 1.84. The predicted octanol–water partition coefficient (Wildman–Crippen LogP) is 2.01. The molecule has 0 aliphatic carbocycles. The number of anilines is 1. The Labute approximate surface area is 97.2 Å². The fraction of sp³-hybridized carbons (Fsp3) is 0.556. The second-order valence-corrected chi connectivity index (χ2v) is 5.20. The molecule has 5 heteroatoms. The lowest BCUT2D eigenvalue weighted by atomic mass is 9.96. The molecule has 4 nitrogen and oxygen atoms in total. The Hall–Kier alpha value is -0.590. The molecule has 1 aromatic heterocycles. The van der Waals surface area contributed by atoms with Gasteiger partial charge in [-0.1, -0.05) is 20.8 Å². The average Bonchev–Trinajstić information content (AvgIpc) is 2.34. The minimum absolute atomic E-state index is 0.00316. The fourth-order valence-electron chi connectivity index (χ4n) is 0.816. The summed E-state index contributed by atoms with van der Waals surface area (Å²) >= 11 is 2.15. The first-order valence-electron chi connectivity index (χ1n) is 4.31. The maximum atomic E-state index is 11.6. The van der Waals surface area contributed by atoms with E-state index in [1.807, 2.05) is 27.8 Å². The molecule has 1 rings (SSSR count). The molecule has 1 N–H and O–H groups in total. The number of halogens is 1. The van der Waals surface area contributed by atoms with Crippen molar-refractivity contribution in [2.75, 3.05) is 5.32 Å². The maximum Gasteiger partial charge on any atom is 0.229 e. The van der Waals surface area contributed by atoms with Crippen LogP contribution in [0.1, 0.15) is 20.8 Å². The van der Waals surface area contributed by atoms with Crippen molar-refractivity contribution in [1.82, 2.24) is 9.78 Å². The van der Waals surface area contributed by atoms with Crippen molar-refractivity contribution < 1.29 is 4.79 Å². The van der Waals surface area contributed by atoms with Crippen molar-refractivity contribution in [3.8, 4) is 0 Å². The highest BCUT2D eigenvalue weighted by Crippen LogP contribution is 2.20. The standard InChI is InChI=1S/C9H14IN3O/c1-9(2,3)8(14)12-6-5-11-13(4)7(6)10/h5H,1-4H3,(H,12,14). The molecule has 0 atom stereocenters. The number of aromatic nitrogens is 2. The number of carbonyl (C=O) groups is 1. The van der Waals surface area contributed by atoms with E-state index in [1.165, 1.54) is 0 Å². The molecule has 0 aliphatic rings. The van der Waals surface area contributed by atoms with E-state index in [4.69, 9.17) is 0 Å². The van der Waals surface area contributed by atoms with Gasteiger partial charge in [0, 0.05) is 12.5 Å². The third-order valence-electron chi connectivity index (χ3n) is 1.80. The molecule has 0 saturated heterocycles. The van der Waals surface area contributed by atoms with Gasteiger partial charge in [-0.2, -0.15) is 5.10 Å². The van der Waals surface area contributed by atoms with Crippen LogP contribution >= 0.6 is 22.6 Å². The van der Waals surface area contributed by atoms with E-state index in [1.54, 1.807) is 10.9 Å². The molecule has 0 bridgehead atoms. The second-order valence-electron chi connectivity index (χ2n) is 4.18. The smallest absolute Gasteiger partial charge is 0.229 e. The maximum absolute atomic E-state index is 11.6. The molecule has 78 valence electrons. The van der Waals surface area contributed by atoms with Crippen molar-refractivity contribution in [3.63, 3.8) is 0 Å². The van der Waals surface area contributed by atoms with Gasteiger partial charge < -0.3 is 5.32 Å². The monoisotopic (exact) mass is 307 g/mol. The molecule has 0 unspecified atom stereocenters. The van der Waals surface area contributed by atoms with Gasteiger partial charge in [-0.15, -0.1) is 0 Å². The van der Waals surface area contributed by atoms with Crippen LogP contribution in [-0.2, 0) is 11.8 Å². The first-order chi connectivity index (χ1) is 6.32. The lowest BCUT2D eigenvalue weighted by molar-refractivity contribution is -0.123. The number of nitrogens with one attached hydrogen (secondary N) is 1. The first kappa shape index (κ1) is 11.5. The number of rotatable bonds is 1. The molecule has 1 amide bonds. The van der Waals surface area contributed by atoms with Crippen LogP contribution in [0.5, 0.6) is 0 Å². The Morgan fingerprint density at radius 2 is 2.14 bits per heavy atom. The van der Waals surface area contributed by atoms with Gasteiger partial charge in [0.2, 0.25) is 5.91 Å². The van der Waals surface area contributed by atoms with E-state index in [2.05, 4.69) is 33.0 Å². The zero-order valence-electron chi connectivity index (χ0n) is 8.76. The van der Waals surface area contributed by atoms with Gasteiger partial charge in [-0.05, 0) is 22.6 Å². The summed E-state index contributed by atoms with van der Waals surface area (Å²) < 4.78 is 2.65. The number of hydrogen-bond donors (Lipinski definition) is 1. The van der Waals surface area contributed by atoms with Crippen molar-refractivity contribution in [1.29, 1.82) is 0 Å². The Morgan fingerprint density at radius 1 is 1.57 bits per heavy atom. The normalized spacial score (nSPS) is 11.5. The minimum Gasteiger partial charge on any atom is -0.322 e. The SMILES string of the molecule is Cn1ncc(NC(=O)C(C)(C)C)c1I. The quantitative estimate of drug-likeness (QED) is 0.807. The highest BCUT2D eigenvalue weighted by molar-refractivity contribution is 14.1. The van der Waals surface area contributed by atoms with Gasteiger partial charge in [0.1, 0.15) is 3.70 Å². The van der Waals surface area contributed by atoms with Crippen LogP contribution in [-0.4, -0.2) is 15.7 Å². The van der Waals surface area contributed by atoms with Crippen LogP contribution in [0.25, 0.3) is 0 Å². The molecule has 0 aromatic carbocycles. The molecule has 14 heavy (non-hydrogen) atoms. The van der Waals surface area contributed by atoms with E-state index in [-0.39, 0.29) is 11.3 Å². The van der Waals surface area contributed by atoms with Gasteiger partial charge >= 0.3 is 0 Å². The topological polar surface area (TPSA) is 46.9 Å². The van der Waals surface area contributed by atoms with Crippen LogP contribution in [0, 0.1) is 9.12 Å². The molecule has 1 aromatic rings. The van der Waals surface area contributed by atoms with Gasteiger partial charge in [0.25, 0.3) is 0 Å². The lowest BCUT2D eigenvalue weighted by Gasteiger charge is -2.16. The van der Waals surface area contributed by atoms with Crippen molar-refractivity contribution in [2.24, 2.45) is 12.5 Å². The van der Waals surface area contributed by atoms with Crippen LogP contribution in [0.15, 0.2) is 6.20 Å². The fourth-order valence-corrected chi connectivity index (χ4v) is 1.21. The van der Waals surface area contributed by atoms with E-state index in [0.717, 1.165) is 9.39 Å². The summed E-state index contributed by atoms with van der Waals surface area (Å²) in [6.07, 6.45) is 1.66. The van der Waals surface area contributed by atoms with Gasteiger partial charge in [-0.3, -0.25) is 9.48 Å². The molecular formula is C9H14IN3O. The molecule has 0 radical (unpaired) electrons. The number of hydrogen-bond acceptors (Lipinski definition) is 2. The molecule has 0 fully saturated rings. The summed E-state index contributed by atoms with van der Waals surface area (Å²) in [6, 6.07) is 0. The highest BCUT2D eigenvalue weighted by atomic mass is 127. The van der Waals surface area contributed by atoms with E-state index in [0.29, 0.717) is 0 Å². The third kappa shape index (κ3) is 2.46. The highest BCUT2D eigenvalue weighted by Gasteiger charge is 2.22. The number of carbonyl (C=O) groups excluding carboxylic acids is 1. The number of aryl methyl sites for hydroxylation is 1. The van der Waals surface area contributed by atoms with Gasteiger partial charge in [0.05, 0.1) is 11.9 Å². The van der Waals surface area contributed by atoms with E-state index >= 15 is 0 Å². The Kier molecular flexibility index (Phi) is 3.18. The molecule has 0 aliphatic heterocycles. The van der Waals surface area contributed by atoms with Crippen molar-refractivity contribution >= 4 is 34.2 Å². The first-order valence-corrected chi connectivity index (χ1v) is 5.39. The molecule has 1 heterocycles. The van der Waals surface area contributed by atoms with Crippen LogP contribution in [0.4, 0.5) is 5.69 Å². The molecule has 0 spiro atoms. The summed E-state index contributed by atoms with van der Waals surface area (Å²) in [5.74, 6) is 0.00316.